The van der Waals surface area contributed by atoms with E-state index in [0.717, 1.165) is 5.56 Å². The summed E-state index contributed by atoms with van der Waals surface area (Å²) in [4.78, 5) is 11.5. The minimum atomic E-state index is -0.350. The minimum absolute atomic E-state index is 0.143. The Kier molecular flexibility index (Phi) is 5.15. The van der Waals surface area contributed by atoms with Crippen molar-refractivity contribution >= 4 is 23.7 Å². The van der Waals surface area contributed by atoms with E-state index in [0.29, 0.717) is 10.8 Å². The SMILES string of the molecule is O=C(COc1ccccc1Cl)N/N=C\c1ccccc1. The van der Waals surface area contributed by atoms with E-state index in [1.165, 1.54) is 0 Å². The molecule has 2 rings (SSSR count). The maximum atomic E-state index is 11.5. The average Bonchev–Trinajstić information content (AvgIpc) is 2.47. The molecule has 5 heteroatoms. The van der Waals surface area contributed by atoms with Gasteiger partial charge in [0.2, 0.25) is 0 Å². The number of benzene rings is 2. The number of hydrazone groups is 1. The van der Waals surface area contributed by atoms with Crippen LogP contribution in [0.1, 0.15) is 5.56 Å². The van der Waals surface area contributed by atoms with Crippen LogP contribution in [0.2, 0.25) is 5.02 Å². The first-order valence-corrected chi connectivity index (χ1v) is 6.38. The van der Waals surface area contributed by atoms with Crippen molar-refractivity contribution in [3.05, 3.63) is 65.2 Å². The highest BCUT2D eigenvalue weighted by atomic mass is 35.5. The highest BCUT2D eigenvalue weighted by molar-refractivity contribution is 6.32. The van der Waals surface area contributed by atoms with Crippen LogP contribution in [-0.4, -0.2) is 18.7 Å². The molecule has 0 aromatic heterocycles. The Morgan fingerprint density at radius 1 is 1.15 bits per heavy atom. The monoisotopic (exact) mass is 288 g/mol. The Labute approximate surface area is 122 Å². The van der Waals surface area contributed by atoms with Crippen molar-refractivity contribution in [2.24, 2.45) is 5.10 Å². The van der Waals surface area contributed by atoms with Crippen LogP contribution in [-0.2, 0) is 4.79 Å². The summed E-state index contributed by atoms with van der Waals surface area (Å²) in [7, 11) is 0. The number of hydrogen-bond donors (Lipinski definition) is 1. The molecule has 4 nitrogen and oxygen atoms in total. The summed E-state index contributed by atoms with van der Waals surface area (Å²) in [5.41, 5.74) is 3.29. The van der Waals surface area contributed by atoms with E-state index in [1.807, 2.05) is 30.3 Å². The van der Waals surface area contributed by atoms with Crippen LogP contribution in [0.3, 0.4) is 0 Å². The molecule has 0 saturated carbocycles. The van der Waals surface area contributed by atoms with Crippen molar-refractivity contribution in [1.82, 2.24) is 5.43 Å². The number of carbonyl (C=O) groups excluding carboxylic acids is 1. The molecule has 0 spiro atoms. The number of carbonyl (C=O) groups is 1. The fourth-order valence-corrected chi connectivity index (χ4v) is 1.65. The highest BCUT2D eigenvalue weighted by Crippen LogP contribution is 2.22. The average molecular weight is 289 g/mol. The Hall–Kier alpha value is -2.33. The van der Waals surface area contributed by atoms with E-state index in [-0.39, 0.29) is 12.5 Å². The first kappa shape index (κ1) is 14.1. The molecule has 0 aliphatic rings. The van der Waals surface area contributed by atoms with Gasteiger partial charge >= 0.3 is 0 Å². The first-order valence-electron chi connectivity index (χ1n) is 6.00. The maximum absolute atomic E-state index is 11.5. The van der Waals surface area contributed by atoms with Crippen LogP contribution in [0, 0.1) is 0 Å². The summed E-state index contributed by atoms with van der Waals surface area (Å²) in [5.74, 6) is 0.119. The Morgan fingerprint density at radius 2 is 1.85 bits per heavy atom. The molecule has 1 N–H and O–H groups in total. The van der Waals surface area contributed by atoms with Crippen LogP contribution < -0.4 is 10.2 Å². The standard InChI is InChI=1S/C15H13ClN2O2/c16-13-8-4-5-9-14(13)20-11-15(19)18-17-10-12-6-2-1-3-7-12/h1-10H,11H2,(H,18,19)/b17-10-. The molecule has 0 bridgehead atoms. The summed E-state index contributed by atoms with van der Waals surface area (Å²) in [6.07, 6.45) is 1.56. The Morgan fingerprint density at radius 3 is 2.60 bits per heavy atom. The number of hydrogen-bond acceptors (Lipinski definition) is 3. The predicted octanol–water partition coefficient (Wildman–Crippen LogP) is 2.87. The third kappa shape index (κ3) is 4.40. The molecule has 0 fully saturated rings. The Bertz CT molecular complexity index is 600. The van der Waals surface area contributed by atoms with Crippen LogP contribution in [0.15, 0.2) is 59.7 Å². The summed E-state index contributed by atoms with van der Waals surface area (Å²) in [6.45, 7) is -0.143. The van der Waals surface area contributed by atoms with Crippen LogP contribution in [0.5, 0.6) is 5.75 Å². The summed E-state index contributed by atoms with van der Waals surface area (Å²) in [6, 6.07) is 16.4. The lowest BCUT2D eigenvalue weighted by molar-refractivity contribution is -0.123. The van der Waals surface area contributed by atoms with Gasteiger partial charge in [0.25, 0.3) is 5.91 Å². The molecule has 2 aromatic carbocycles. The van der Waals surface area contributed by atoms with E-state index in [9.17, 15) is 4.79 Å². The topological polar surface area (TPSA) is 50.7 Å². The Balaban J connectivity index is 1.79. The fraction of sp³-hybridized carbons (Fsp3) is 0.0667. The van der Waals surface area contributed by atoms with E-state index in [2.05, 4.69) is 10.5 Å². The predicted molar refractivity (Wildman–Crippen MR) is 79.1 cm³/mol. The number of rotatable bonds is 5. The number of nitrogens with one attached hydrogen (secondary N) is 1. The van der Waals surface area contributed by atoms with Gasteiger partial charge in [-0.25, -0.2) is 5.43 Å². The van der Waals surface area contributed by atoms with Crippen LogP contribution in [0.4, 0.5) is 0 Å². The molecule has 102 valence electrons. The molecule has 0 atom stereocenters. The van der Waals surface area contributed by atoms with E-state index in [1.54, 1.807) is 30.5 Å². The second-order valence-corrected chi connectivity index (χ2v) is 4.33. The van der Waals surface area contributed by atoms with Crippen molar-refractivity contribution in [3.8, 4) is 5.75 Å². The number of para-hydroxylation sites is 1. The maximum Gasteiger partial charge on any atom is 0.277 e. The molecule has 0 heterocycles. The largest absolute Gasteiger partial charge is 0.482 e. The quantitative estimate of drug-likeness (QED) is 0.679. The zero-order chi connectivity index (χ0) is 14.2. The van der Waals surface area contributed by atoms with Gasteiger partial charge in [0.05, 0.1) is 11.2 Å². The summed E-state index contributed by atoms with van der Waals surface area (Å²) in [5, 5.41) is 4.30. The summed E-state index contributed by atoms with van der Waals surface area (Å²) >= 11 is 5.91. The smallest absolute Gasteiger partial charge is 0.277 e. The first-order chi connectivity index (χ1) is 9.75. The molecule has 0 unspecified atom stereocenters. The molecule has 0 saturated heterocycles. The van der Waals surface area contributed by atoms with Crippen molar-refractivity contribution in [1.29, 1.82) is 0 Å². The van der Waals surface area contributed by atoms with Crippen molar-refractivity contribution in [3.63, 3.8) is 0 Å². The van der Waals surface area contributed by atoms with E-state index in [4.69, 9.17) is 16.3 Å². The third-order valence-electron chi connectivity index (χ3n) is 2.40. The van der Waals surface area contributed by atoms with Gasteiger partial charge in [-0.2, -0.15) is 5.10 Å². The third-order valence-corrected chi connectivity index (χ3v) is 2.71. The van der Waals surface area contributed by atoms with Crippen molar-refractivity contribution in [2.45, 2.75) is 0 Å². The number of amides is 1. The highest BCUT2D eigenvalue weighted by Gasteiger charge is 2.03. The van der Waals surface area contributed by atoms with E-state index < -0.39 is 0 Å². The molecule has 20 heavy (non-hydrogen) atoms. The summed E-state index contributed by atoms with van der Waals surface area (Å²) < 4.78 is 5.28. The molecule has 0 radical (unpaired) electrons. The van der Waals surface area contributed by atoms with E-state index >= 15 is 0 Å². The van der Waals surface area contributed by atoms with Crippen LogP contribution in [0.25, 0.3) is 0 Å². The zero-order valence-corrected chi connectivity index (χ0v) is 11.4. The van der Waals surface area contributed by atoms with Gasteiger partial charge in [-0.15, -0.1) is 0 Å². The number of ether oxygens (including phenoxy) is 1. The minimum Gasteiger partial charge on any atom is -0.482 e. The van der Waals surface area contributed by atoms with Gasteiger partial charge in [0.1, 0.15) is 5.75 Å². The van der Waals surface area contributed by atoms with Crippen molar-refractivity contribution in [2.75, 3.05) is 6.61 Å². The van der Waals surface area contributed by atoms with Gasteiger partial charge in [-0.1, -0.05) is 54.1 Å². The lowest BCUT2D eigenvalue weighted by Gasteiger charge is -2.06. The normalized spacial score (nSPS) is 10.4. The van der Waals surface area contributed by atoms with Gasteiger partial charge in [0, 0.05) is 0 Å². The number of nitrogens with zero attached hydrogens (tertiary/aromatic N) is 1. The van der Waals surface area contributed by atoms with Gasteiger partial charge < -0.3 is 4.74 Å². The van der Waals surface area contributed by atoms with Gasteiger partial charge in [-0.05, 0) is 17.7 Å². The number of halogens is 1. The lowest BCUT2D eigenvalue weighted by Crippen LogP contribution is -2.24. The van der Waals surface area contributed by atoms with Gasteiger partial charge in [0.15, 0.2) is 6.61 Å². The second-order valence-electron chi connectivity index (χ2n) is 3.92. The molecule has 0 aliphatic carbocycles. The molecular formula is C15H13ClN2O2. The molecule has 0 aliphatic heterocycles. The second kappa shape index (κ2) is 7.31. The van der Waals surface area contributed by atoms with Crippen molar-refractivity contribution < 1.29 is 9.53 Å². The molecular weight excluding hydrogens is 276 g/mol. The van der Waals surface area contributed by atoms with Gasteiger partial charge in [-0.3, -0.25) is 4.79 Å². The zero-order valence-electron chi connectivity index (χ0n) is 10.6. The van der Waals surface area contributed by atoms with Crippen LogP contribution >= 0.6 is 11.6 Å². The molecule has 2 aromatic rings. The lowest BCUT2D eigenvalue weighted by atomic mass is 10.2. The fourth-order valence-electron chi connectivity index (χ4n) is 1.46. The molecule has 1 amide bonds.